The van der Waals surface area contributed by atoms with Crippen molar-refractivity contribution in [2.45, 2.75) is 51.5 Å². The van der Waals surface area contributed by atoms with Gasteiger partial charge in [-0.2, -0.15) is 4.98 Å². The Bertz CT molecular complexity index is 1320. The highest BCUT2D eigenvalue weighted by Gasteiger charge is 2.20. The standard InChI is InChI=1S/C27H32N6O/c1-27(2,3)21-11-9-18(10-12-21)25-30-23-17-24(34)32-33(23)26(31-25)29-14-6-13-28-22-15-19-7-4-5-8-20(19)16-22/h4-5,7-12,17,22,28H,6,13-16H2,1-3H3,(H,32,34)(H,29,30,31). The van der Waals surface area contributed by atoms with Crippen molar-refractivity contribution in [3.63, 3.8) is 0 Å². The van der Waals surface area contributed by atoms with E-state index in [0.29, 0.717) is 23.5 Å². The summed E-state index contributed by atoms with van der Waals surface area (Å²) in [5.74, 6) is 1.19. The fourth-order valence-corrected chi connectivity index (χ4v) is 4.57. The van der Waals surface area contributed by atoms with Gasteiger partial charge in [0.1, 0.15) is 0 Å². The molecule has 0 fully saturated rings. The van der Waals surface area contributed by atoms with E-state index >= 15 is 0 Å². The number of benzene rings is 2. The Hall–Kier alpha value is -3.45. The van der Waals surface area contributed by atoms with Crippen molar-refractivity contribution in [2.75, 3.05) is 18.4 Å². The van der Waals surface area contributed by atoms with E-state index in [2.05, 4.69) is 77.9 Å². The Morgan fingerprint density at radius 1 is 1.00 bits per heavy atom. The molecule has 0 saturated heterocycles. The van der Waals surface area contributed by atoms with Crippen LogP contribution in [-0.2, 0) is 18.3 Å². The number of hydrogen-bond donors (Lipinski definition) is 3. The highest BCUT2D eigenvalue weighted by molar-refractivity contribution is 5.60. The van der Waals surface area contributed by atoms with Crippen LogP contribution >= 0.6 is 0 Å². The zero-order valence-corrected chi connectivity index (χ0v) is 20.1. The smallest absolute Gasteiger partial charge is 0.266 e. The normalized spacial score (nSPS) is 14.0. The van der Waals surface area contributed by atoms with Crippen molar-refractivity contribution >= 4 is 11.6 Å². The SMILES string of the molecule is CC(C)(C)c1ccc(-c2nc(NCCCNC3Cc4ccccc4C3)n3[nH]c(=O)cc3n2)cc1. The van der Waals surface area contributed by atoms with Gasteiger partial charge in [-0.1, -0.05) is 69.3 Å². The molecule has 2 heterocycles. The monoisotopic (exact) mass is 456 g/mol. The van der Waals surface area contributed by atoms with E-state index in [4.69, 9.17) is 4.98 Å². The Morgan fingerprint density at radius 2 is 1.71 bits per heavy atom. The fourth-order valence-electron chi connectivity index (χ4n) is 4.57. The molecular weight excluding hydrogens is 424 g/mol. The van der Waals surface area contributed by atoms with Gasteiger partial charge in [-0.25, -0.2) is 9.50 Å². The van der Waals surface area contributed by atoms with Crippen molar-refractivity contribution < 1.29 is 0 Å². The van der Waals surface area contributed by atoms with Crippen LogP contribution in [0.2, 0.25) is 0 Å². The van der Waals surface area contributed by atoms with Crippen LogP contribution in [0.4, 0.5) is 5.95 Å². The third kappa shape index (κ3) is 4.75. The molecule has 1 aliphatic rings. The lowest BCUT2D eigenvalue weighted by molar-refractivity contribution is 0.527. The molecule has 0 unspecified atom stereocenters. The van der Waals surface area contributed by atoms with Gasteiger partial charge in [-0.15, -0.1) is 0 Å². The summed E-state index contributed by atoms with van der Waals surface area (Å²) in [5, 5.41) is 9.85. The summed E-state index contributed by atoms with van der Waals surface area (Å²) >= 11 is 0. The quantitative estimate of drug-likeness (QED) is 0.367. The molecule has 34 heavy (non-hydrogen) atoms. The molecule has 0 aliphatic heterocycles. The van der Waals surface area contributed by atoms with Crippen LogP contribution in [-0.4, -0.2) is 38.7 Å². The molecule has 2 aromatic heterocycles. The summed E-state index contributed by atoms with van der Waals surface area (Å²) < 4.78 is 1.62. The Morgan fingerprint density at radius 3 is 2.38 bits per heavy atom. The molecule has 1 aliphatic carbocycles. The summed E-state index contributed by atoms with van der Waals surface area (Å²) in [6.07, 6.45) is 3.13. The van der Waals surface area contributed by atoms with E-state index in [1.807, 2.05) is 12.1 Å². The highest BCUT2D eigenvalue weighted by Crippen LogP contribution is 2.25. The van der Waals surface area contributed by atoms with Crippen LogP contribution in [0.3, 0.4) is 0 Å². The minimum absolute atomic E-state index is 0.0827. The molecule has 3 N–H and O–H groups in total. The number of rotatable bonds is 7. The molecule has 0 spiro atoms. The Kier molecular flexibility index (Phi) is 5.96. The molecule has 0 atom stereocenters. The topological polar surface area (TPSA) is 87.1 Å². The fraction of sp³-hybridized carbons (Fsp3) is 0.370. The van der Waals surface area contributed by atoms with Gasteiger partial charge < -0.3 is 10.6 Å². The van der Waals surface area contributed by atoms with Gasteiger partial charge in [0, 0.05) is 24.2 Å². The van der Waals surface area contributed by atoms with E-state index in [1.165, 1.54) is 22.8 Å². The summed E-state index contributed by atoms with van der Waals surface area (Å²) in [4.78, 5) is 21.3. The molecule has 4 aromatic rings. The molecule has 2 aromatic carbocycles. The third-order valence-electron chi connectivity index (χ3n) is 6.49. The molecule has 0 saturated carbocycles. The van der Waals surface area contributed by atoms with E-state index < -0.39 is 0 Å². The van der Waals surface area contributed by atoms with Gasteiger partial charge in [0.25, 0.3) is 5.56 Å². The summed E-state index contributed by atoms with van der Waals surface area (Å²) in [5.41, 5.74) is 5.54. The second-order valence-electron chi connectivity index (χ2n) is 10.1. The van der Waals surface area contributed by atoms with Crippen LogP contribution in [0.1, 0.15) is 43.9 Å². The van der Waals surface area contributed by atoms with Crippen LogP contribution in [0.25, 0.3) is 17.0 Å². The van der Waals surface area contributed by atoms with E-state index in [1.54, 1.807) is 4.52 Å². The molecule has 0 bridgehead atoms. The minimum atomic E-state index is -0.194. The minimum Gasteiger partial charge on any atom is -0.354 e. The maximum Gasteiger partial charge on any atom is 0.266 e. The molecule has 0 amide bonds. The number of H-pyrrole nitrogens is 1. The number of aromatic nitrogens is 4. The van der Waals surface area contributed by atoms with E-state index in [0.717, 1.165) is 37.9 Å². The molecule has 0 radical (unpaired) electrons. The molecule has 7 heteroatoms. The summed E-state index contributed by atoms with van der Waals surface area (Å²) in [6.45, 7) is 8.24. The highest BCUT2D eigenvalue weighted by atomic mass is 16.1. The Labute approximate surface area is 199 Å². The van der Waals surface area contributed by atoms with Crippen molar-refractivity contribution in [1.29, 1.82) is 0 Å². The molecule has 7 nitrogen and oxygen atoms in total. The average Bonchev–Trinajstić information content (AvgIpc) is 3.40. The Balaban J connectivity index is 1.24. The first-order valence-electron chi connectivity index (χ1n) is 12.0. The largest absolute Gasteiger partial charge is 0.354 e. The van der Waals surface area contributed by atoms with Gasteiger partial charge in [0.15, 0.2) is 11.5 Å². The maximum atomic E-state index is 12.0. The number of nitrogens with zero attached hydrogens (tertiary/aromatic N) is 3. The third-order valence-corrected chi connectivity index (χ3v) is 6.49. The number of hydrogen-bond acceptors (Lipinski definition) is 5. The lowest BCUT2D eigenvalue weighted by Crippen LogP contribution is -2.31. The second kappa shape index (κ2) is 9.06. The number of aromatic amines is 1. The first-order valence-corrected chi connectivity index (χ1v) is 12.0. The van der Waals surface area contributed by atoms with Gasteiger partial charge in [-0.3, -0.25) is 9.89 Å². The van der Waals surface area contributed by atoms with Gasteiger partial charge in [-0.05, 0) is 47.9 Å². The lowest BCUT2D eigenvalue weighted by atomic mass is 9.87. The first kappa shape index (κ1) is 22.3. The van der Waals surface area contributed by atoms with Crippen molar-refractivity contribution in [1.82, 2.24) is 24.9 Å². The average molecular weight is 457 g/mol. The first-order chi connectivity index (χ1) is 16.4. The number of nitrogens with one attached hydrogen (secondary N) is 3. The molecule has 176 valence electrons. The molecular formula is C27H32N6O. The lowest BCUT2D eigenvalue weighted by Gasteiger charge is -2.19. The second-order valence-corrected chi connectivity index (χ2v) is 10.1. The van der Waals surface area contributed by atoms with Gasteiger partial charge in [0.2, 0.25) is 5.95 Å². The van der Waals surface area contributed by atoms with Crippen LogP contribution in [0.15, 0.2) is 59.4 Å². The van der Waals surface area contributed by atoms with Crippen molar-refractivity contribution in [2.24, 2.45) is 0 Å². The summed E-state index contributed by atoms with van der Waals surface area (Å²) in [6, 6.07) is 19.0. The predicted octanol–water partition coefficient (Wildman–Crippen LogP) is 3.94. The summed E-state index contributed by atoms with van der Waals surface area (Å²) in [7, 11) is 0. The van der Waals surface area contributed by atoms with Gasteiger partial charge >= 0.3 is 0 Å². The maximum absolute atomic E-state index is 12.0. The number of anilines is 1. The molecule has 5 rings (SSSR count). The van der Waals surface area contributed by atoms with Crippen LogP contribution in [0, 0.1) is 0 Å². The zero-order valence-electron chi connectivity index (χ0n) is 20.1. The van der Waals surface area contributed by atoms with Crippen LogP contribution in [0.5, 0.6) is 0 Å². The van der Waals surface area contributed by atoms with Crippen molar-refractivity contribution in [3.05, 3.63) is 81.6 Å². The van der Waals surface area contributed by atoms with E-state index in [9.17, 15) is 4.79 Å². The number of fused-ring (bicyclic) bond motifs is 2. The van der Waals surface area contributed by atoms with E-state index in [-0.39, 0.29) is 11.0 Å². The zero-order chi connectivity index (χ0) is 23.7. The van der Waals surface area contributed by atoms with Crippen LogP contribution < -0.4 is 16.2 Å². The van der Waals surface area contributed by atoms with Crippen molar-refractivity contribution in [3.8, 4) is 11.4 Å². The predicted molar refractivity (Wildman–Crippen MR) is 136 cm³/mol. The van der Waals surface area contributed by atoms with Gasteiger partial charge in [0.05, 0.1) is 0 Å².